The van der Waals surface area contributed by atoms with Gasteiger partial charge in [0.25, 0.3) is 5.91 Å². The molecule has 1 aromatic carbocycles. The molecule has 0 fully saturated rings. The van der Waals surface area contributed by atoms with Crippen LogP contribution in [-0.4, -0.2) is 31.0 Å². The smallest absolute Gasteiger partial charge is 0.253 e. The van der Waals surface area contributed by atoms with E-state index in [0.29, 0.717) is 17.0 Å². The van der Waals surface area contributed by atoms with E-state index in [1.807, 2.05) is 6.92 Å². The maximum Gasteiger partial charge on any atom is 0.253 e. The van der Waals surface area contributed by atoms with Gasteiger partial charge in [-0.05, 0) is 31.5 Å². The summed E-state index contributed by atoms with van der Waals surface area (Å²) in [7, 11) is 3.44. The fourth-order valence-electron chi connectivity index (χ4n) is 1.71. The maximum atomic E-state index is 11.8. The van der Waals surface area contributed by atoms with Crippen molar-refractivity contribution in [2.75, 3.05) is 19.8 Å². The summed E-state index contributed by atoms with van der Waals surface area (Å²) in [5, 5.41) is 0. The second kappa shape index (κ2) is 6.28. The topological polar surface area (TPSA) is 55.6 Å². The molecule has 1 rings (SSSR count). The summed E-state index contributed by atoms with van der Waals surface area (Å²) in [6.07, 6.45) is 2.12. The quantitative estimate of drug-likeness (QED) is 0.817. The molecule has 100 valence electrons. The van der Waals surface area contributed by atoms with Gasteiger partial charge in [-0.25, -0.2) is 0 Å². The molecule has 4 heteroatoms. The lowest BCUT2D eigenvalue weighted by atomic mass is 10.1. The van der Waals surface area contributed by atoms with Gasteiger partial charge in [0.2, 0.25) is 0 Å². The molecule has 1 amide bonds. The Morgan fingerprint density at radius 1 is 1.44 bits per heavy atom. The number of rotatable bonds is 5. The van der Waals surface area contributed by atoms with Gasteiger partial charge in [-0.3, -0.25) is 4.79 Å². The van der Waals surface area contributed by atoms with E-state index in [1.165, 1.54) is 4.90 Å². The van der Waals surface area contributed by atoms with Crippen molar-refractivity contribution in [1.82, 2.24) is 4.90 Å². The Labute approximate surface area is 109 Å². The van der Waals surface area contributed by atoms with Crippen LogP contribution in [0.15, 0.2) is 18.2 Å². The van der Waals surface area contributed by atoms with Crippen LogP contribution in [0.25, 0.3) is 0 Å². The molecular weight excluding hydrogens is 228 g/mol. The average Bonchev–Trinajstić information content (AvgIpc) is 2.31. The van der Waals surface area contributed by atoms with E-state index in [2.05, 4.69) is 6.92 Å². The lowest BCUT2D eigenvalue weighted by molar-refractivity contribution is 0.0827. The molecule has 0 saturated carbocycles. The van der Waals surface area contributed by atoms with Gasteiger partial charge in [0.15, 0.2) is 0 Å². The first kappa shape index (κ1) is 14.4. The third-order valence-electron chi connectivity index (χ3n) is 2.69. The Morgan fingerprint density at radius 2 is 2.11 bits per heavy atom. The standard InChI is InChI=1S/C14H22N2O2/c1-5-6-10(2)18-13-9-11(7-8-12(13)15)14(17)16(3)4/h7-10H,5-6,15H2,1-4H3. The first-order valence-corrected chi connectivity index (χ1v) is 6.23. The predicted octanol–water partition coefficient (Wildman–Crippen LogP) is 2.54. The molecule has 0 saturated heterocycles. The summed E-state index contributed by atoms with van der Waals surface area (Å²) in [6, 6.07) is 5.14. The van der Waals surface area contributed by atoms with E-state index >= 15 is 0 Å². The van der Waals surface area contributed by atoms with Crippen LogP contribution in [0.5, 0.6) is 5.75 Å². The summed E-state index contributed by atoms with van der Waals surface area (Å²) < 4.78 is 5.76. The highest BCUT2D eigenvalue weighted by Crippen LogP contribution is 2.25. The van der Waals surface area contributed by atoms with E-state index in [-0.39, 0.29) is 12.0 Å². The number of benzene rings is 1. The second-order valence-corrected chi connectivity index (χ2v) is 4.67. The summed E-state index contributed by atoms with van der Waals surface area (Å²) in [5.41, 5.74) is 7.01. The van der Waals surface area contributed by atoms with Crippen LogP contribution >= 0.6 is 0 Å². The van der Waals surface area contributed by atoms with Crippen molar-refractivity contribution in [3.8, 4) is 5.75 Å². The summed E-state index contributed by atoms with van der Waals surface area (Å²) in [5.74, 6) is 0.534. The van der Waals surface area contributed by atoms with Gasteiger partial charge in [0.05, 0.1) is 11.8 Å². The number of amides is 1. The van der Waals surface area contributed by atoms with Gasteiger partial charge in [0.1, 0.15) is 5.75 Å². The Morgan fingerprint density at radius 3 is 2.67 bits per heavy atom. The van der Waals surface area contributed by atoms with Gasteiger partial charge >= 0.3 is 0 Å². The third kappa shape index (κ3) is 3.65. The molecule has 1 unspecified atom stereocenters. The van der Waals surface area contributed by atoms with Crippen LogP contribution in [0.3, 0.4) is 0 Å². The van der Waals surface area contributed by atoms with Crippen molar-refractivity contribution in [3.05, 3.63) is 23.8 Å². The predicted molar refractivity (Wildman–Crippen MR) is 73.9 cm³/mol. The van der Waals surface area contributed by atoms with E-state index in [0.717, 1.165) is 12.8 Å². The summed E-state index contributed by atoms with van der Waals surface area (Å²) >= 11 is 0. The Bertz CT molecular complexity index is 416. The molecule has 1 atom stereocenters. The number of nitrogens with zero attached hydrogens (tertiary/aromatic N) is 1. The molecule has 0 spiro atoms. The van der Waals surface area contributed by atoms with Crippen molar-refractivity contribution >= 4 is 11.6 Å². The largest absolute Gasteiger partial charge is 0.489 e. The number of hydrogen-bond acceptors (Lipinski definition) is 3. The minimum atomic E-state index is -0.0528. The first-order valence-electron chi connectivity index (χ1n) is 6.23. The molecule has 0 radical (unpaired) electrons. The molecule has 0 bridgehead atoms. The molecule has 0 aromatic heterocycles. The molecule has 18 heavy (non-hydrogen) atoms. The van der Waals surface area contributed by atoms with Crippen LogP contribution in [0.4, 0.5) is 5.69 Å². The van der Waals surface area contributed by atoms with E-state index in [9.17, 15) is 4.79 Å². The normalized spacial score (nSPS) is 12.0. The van der Waals surface area contributed by atoms with Gasteiger partial charge in [-0.15, -0.1) is 0 Å². The molecule has 1 aromatic rings. The van der Waals surface area contributed by atoms with E-state index in [4.69, 9.17) is 10.5 Å². The fourth-order valence-corrected chi connectivity index (χ4v) is 1.71. The highest BCUT2D eigenvalue weighted by Gasteiger charge is 2.12. The van der Waals surface area contributed by atoms with Crippen molar-refractivity contribution in [2.24, 2.45) is 0 Å². The third-order valence-corrected chi connectivity index (χ3v) is 2.69. The summed E-state index contributed by atoms with van der Waals surface area (Å²) in [4.78, 5) is 13.4. The minimum Gasteiger partial charge on any atom is -0.489 e. The molecule has 0 aliphatic carbocycles. The van der Waals surface area contributed by atoms with Gasteiger partial charge in [0, 0.05) is 19.7 Å². The van der Waals surface area contributed by atoms with E-state index < -0.39 is 0 Å². The molecule has 4 nitrogen and oxygen atoms in total. The van der Waals surface area contributed by atoms with Gasteiger partial charge in [-0.1, -0.05) is 13.3 Å². The Balaban J connectivity index is 2.91. The highest BCUT2D eigenvalue weighted by molar-refractivity contribution is 5.94. The average molecular weight is 250 g/mol. The zero-order valence-electron chi connectivity index (χ0n) is 11.6. The van der Waals surface area contributed by atoms with Crippen LogP contribution in [0.2, 0.25) is 0 Å². The van der Waals surface area contributed by atoms with Gasteiger partial charge < -0.3 is 15.4 Å². The lowest BCUT2D eigenvalue weighted by Gasteiger charge is -2.17. The summed E-state index contributed by atoms with van der Waals surface area (Å²) in [6.45, 7) is 4.11. The first-order chi connectivity index (χ1) is 8.45. The highest BCUT2D eigenvalue weighted by atomic mass is 16.5. The number of nitrogens with two attached hydrogens (primary N) is 1. The number of hydrogen-bond donors (Lipinski definition) is 1. The molecule has 0 aliphatic heterocycles. The van der Waals surface area contributed by atoms with Gasteiger partial charge in [-0.2, -0.15) is 0 Å². The Kier molecular flexibility index (Phi) is 5.01. The maximum absolute atomic E-state index is 11.8. The number of ether oxygens (including phenoxy) is 1. The molecule has 2 N–H and O–H groups in total. The zero-order valence-corrected chi connectivity index (χ0v) is 11.6. The Hall–Kier alpha value is -1.71. The van der Waals surface area contributed by atoms with Crippen molar-refractivity contribution in [1.29, 1.82) is 0 Å². The fraction of sp³-hybridized carbons (Fsp3) is 0.500. The minimum absolute atomic E-state index is 0.0528. The van der Waals surface area contributed by atoms with Crippen molar-refractivity contribution in [3.63, 3.8) is 0 Å². The molecule has 0 aliphatic rings. The van der Waals surface area contributed by atoms with E-state index in [1.54, 1.807) is 32.3 Å². The lowest BCUT2D eigenvalue weighted by Crippen LogP contribution is -2.22. The second-order valence-electron chi connectivity index (χ2n) is 4.67. The number of nitrogen functional groups attached to an aromatic ring is 1. The monoisotopic (exact) mass is 250 g/mol. The van der Waals surface area contributed by atoms with Crippen LogP contribution in [-0.2, 0) is 0 Å². The number of carbonyl (C=O) groups excluding carboxylic acids is 1. The zero-order chi connectivity index (χ0) is 13.7. The van der Waals surface area contributed by atoms with Crippen LogP contribution in [0.1, 0.15) is 37.0 Å². The number of carbonyl (C=O) groups is 1. The van der Waals surface area contributed by atoms with Crippen LogP contribution in [0, 0.1) is 0 Å². The molecular formula is C14H22N2O2. The molecule has 0 heterocycles. The van der Waals surface area contributed by atoms with Crippen molar-refractivity contribution < 1.29 is 9.53 Å². The van der Waals surface area contributed by atoms with Crippen molar-refractivity contribution in [2.45, 2.75) is 32.8 Å². The van der Waals surface area contributed by atoms with Crippen LogP contribution < -0.4 is 10.5 Å². The number of anilines is 1. The SMILES string of the molecule is CCCC(C)Oc1cc(C(=O)N(C)C)ccc1N.